The van der Waals surface area contributed by atoms with Crippen LogP contribution in [0.2, 0.25) is 0 Å². The molecular formula is C14H18N2S. The molecule has 90 valence electrons. The van der Waals surface area contributed by atoms with Gasteiger partial charge in [-0.2, -0.15) is 0 Å². The fourth-order valence-electron chi connectivity index (χ4n) is 3.37. The van der Waals surface area contributed by atoms with Crippen molar-refractivity contribution in [2.45, 2.75) is 57.8 Å². The topological polar surface area (TPSA) is 17.3 Å². The average Bonchev–Trinajstić information content (AvgIpc) is 2.90. The Bertz CT molecular complexity index is 564. The first-order valence-electron chi connectivity index (χ1n) is 6.94. The first-order chi connectivity index (χ1) is 8.43. The fourth-order valence-corrected chi connectivity index (χ4v) is 4.62. The lowest BCUT2D eigenvalue weighted by Crippen LogP contribution is -2.02. The summed E-state index contributed by atoms with van der Waals surface area (Å²) in [5.41, 5.74) is 4.56. The van der Waals surface area contributed by atoms with Crippen molar-refractivity contribution in [1.29, 1.82) is 0 Å². The summed E-state index contributed by atoms with van der Waals surface area (Å²) >= 11 is 1.95. The maximum Gasteiger partial charge on any atom is 0.194 e. The van der Waals surface area contributed by atoms with Gasteiger partial charge >= 0.3 is 0 Å². The molecule has 0 aromatic carbocycles. The molecule has 2 aromatic rings. The molecule has 17 heavy (non-hydrogen) atoms. The van der Waals surface area contributed by atoms with E-state index in [1.54, 1.807) is 16.3 Å². The van der Waals surface area contributed by atoms with E-state index < -0.39 is 0 Å². The van der Waals surface area contributed by atoms with E-state index in [1.807, 2.05) is 11.3 Å². The van der Waals surface area contributed by atoms with Crippen LogP contribution >= 0.6 is 11.3 Å². The highest BCUT2D eigenvalue weighted by Crippen LogP contribution is 2.34. The van der Waals surface area contributed by atoms with Crippen molar-refractivity contribution in [2.75, 3.05) is 0 Å². The van der Waals surface area contributed by atoms with Crippen LogP contribution in [-0.4, -0.2) is 9.38 Å². The summed E-state index contributed by atoms with van der Waals surface area (Å²) in [6.07, 6.45) is 11.9. The zero-order chi connectivity index (χ0) is 11.2. The molecule has 2 aliphatic rings. The van der Waals surface area contributed by atoms with Crippen LogP contribution in [0.1, 0.15) is 54.1 Å². The third-order valence-electron chi connectivity index (χ3n) is 4.23. The number of rotatable bonds is 0. The number of nitrogens with zero attached hydrogens (tertiary/aromatic N) is 2. The molecule has 0 radical (unpaired) electrons. The Labute approximate surface area is 106 Å². The molecule has 2 nitrogen and oxygen atoms in total. The van der Waals surface area contributed by atoms with E-state index in [2.05, 4.69) is 4.40 Å². The maximum absolute atomic E-state index is 4.90. The Morgan fingerprint density at radius 1 is 0.824 bits per heavy atom. The molecular weight excluding hydrogens is 228 g/mol. The van der Waals surface area contributed by atoms with Gasteiger partial charge in [0, 0.05) is 16.3 Å². The van der Waals surface area contributed by atoms with Crippen molar-refractivity contribution in [3.8, 4) is 0 Å². The molecule has 0 N–H and O–H groups in total. The lowest BCUT2D eigenvalue weighted by molar-refractivity contribution is 0.603. The van der Waals surface area contributed by atoms with Crippen LogP contribution in [0.4, 0.5) is 0 Å². The second-order valence-electron chi connectivity index (χ2n) is 5.36. The van der Waals surface area contributed by atoms with Crippen molar-refractivity contribution in [3.05, 3.63) is 22.0 Å². The lowest BCUT2D eigenvalue weighted by atomic mass is 10.0. The molecule has 4 rings (SSSR count). The third-order valence-corrected chi connectivity index (χ3v) is 5.37. The number of aromatic nitrogens is 2. The summed E-state index contributed by atoms with van der Waals surface area (Å²) < 4.78 is 2.52. The van der Waals surface area contributed by atoms with Gasteiger partial charge in [-0.15, -0.1) is 11.3 Å². The number of fused-ring (bicyclic) bond motifs is 5. The van der Waals surface area contributed by atoms with Crippen LogP contribution in [0, 0.1) is 0 Å². The van der Waals surface area contributed by atoms with Crippen LogP contribution in [0.3, 0.4) is 0 Å². The second-order valence-corrected chi connectivity index (χ2v) is 6.42. The SMILES string of the molecule is C1CCCc2c(nc3sc4c(n23)CCC4)CC1. The second kappa shape index (κ2) is 3.84. The fraction of sp³-hybridized carbons (Fsp3) is 0.643. The molecule has 0 fully saturated rings. The van der Waals surface area contributed by atoms with Gasteiger partial charge in [0.05, 0.1) is 5.69 Å². The highest BCUT2D eigenvalue weighted by atomic mass is 32.1. The van der Waals surface area contributed by atoms with Crippen LogP contribution in [0.5, 0.6) is 0 Å². The molecule has 0 atom stereocenters. The van der Waals surface area contributed by atoms with Gasteiger partial charge in [-0.3, -0.25) is 4.40 Å². The molecule has 0 saturated carbocycles. The zero-order valence-electron chi connectivity index (χ0n) is 10.2. The van der Waals surface area contributed by atoms with Crippen LogP contribution < -0.4 is 0 Å². The molecule has 0 aliphatic heterocycles. The van der Waals surface area contributed by atoms with Gasteiger partial charge < -0.3 is 0 Å². The van der Waals surface area contributed by atoms with Crippen molar-refractivity contribution in [1.82, 2.24) is 9.38 Å². The number of thiazole rings is 1. The number of imidazole rings is 1. The van der Waals surface area contributed by atoms with E-state index in [0.717, 1.165) is 0 Å². The molecule has 0 unspecified atom stereocenters. The average molecular weight is 246 g/mol. The Hall–Kier alpha value is -0.830. The summed E-state index contributed by atoms with van der Waals surface area (Å²) in [6.45, 7) is 0. The van der Waals surface area contributed by atoms with Gasteiger partial charge in [0.2, 0.25) is 0 Å². The number of aryl methyl sites for hydroxylation is 4. The third kappa shape index (κ3) is 1.48. The molecule has 0 amide bonds. The minimum atomic E-state index is 1.21. The van der Waals surface area contributed by atoms with Gasteiger partial charge in [-0.05, 0) is 44.9 Å². The normalized spacial score (nSPS) is 20.0. The molecule has 2 heterocycles. The summed E-state index contributed by atoms with van der Waals surface area (Å²) in [4.78, 5) is 7.79. The van der Waals surface area contributed by atoms with E-state index in [9.17, 15) is 0 Å². The molecule has 0 bridgehead atoms. The van der Waals surface area contributed by atoms with Gasteiger partial charge in [0.15, 0.2) is 4.96 Å². The highest BCUT2D eigenvalue weighted by molar-refractivity contribution is 7.17. The largest absolute Gasteiger partial charge is 0.291 e. The predicted octanol–water partition coefficient (Wildman–Crippen LogP) is 3.54. The summed E-state index contributed by atoms with van der Waals surface area (Å²) in [6, 6.07) is 0. The Kier molecular flexibility index (Phi) is 2.29. The van der Waals surface area contributed by atoms with Crippen LogP contribution in [0.15, 0.2) is 0 Å². The Balaban J connectivity index is 1.92. The molecule has 0 spiro atoms. The highest BCUT2D eigenvalue weighted by Gasteiger charge is 2.23. The van der Waals surface area contributed by atoms with Crippen molar-refractivity contribution >= 4 is 16.3 Å². The van der Waals surface area contributed by atoms with Crippen molar-refractivity contribution in [2.24, 2.45) is 0 Å². The smallest absolute Gasteiger partial charge is 0.194 e. The van der Waals surface area contributed by atoms with Gasteiger partial charge in [0.25, 0.3) is 0 Å². The first-order valence-corrected chi connectivity index (χ1v) is 7.76. The van der Waals surface area contributed by atoms with E-state index in [1.165, 1.54) is 68.4 Å². The summed E-state index contributed by atoms with van der Waals surface area (Å²) in [5.74, 6) is 0. The maximum atomic E-state index is 4.90. The van der Waals surface area contributed by atoms with E-state index >= 15 is 0 Å². The van der Waals surface area contributed by atoms with Crippen LogP contribution in [-0.2, 0) is 25.7 Å². The number of hydrogen-bond donors (Lipinski definition) is 0. The van der Waals surface area contributed by atoms with Gasteiger partial charge in [0.1, 0.15) is 0 Å². The van der Waals surface area contributed by atoms with E-state index in [-0.39, 0.29) is 0 Å². The number of hydrogen-bond acceptors (Lipinski definition) is 2. The summed E-state index contributed by atoms with van der Waals surface area (Å²) in [5, 5.41) is 0. The van der Waals surface area contributed by atoms with Gasteiger partial charge in [-0.25, -0.2) is 4.98 Å². The van der Waals surface area contributed by atoms with Crippen molar-refractivity contribution < 1.29 is 0 Å². The van der Waals surface area contributed by atoms with Crippen LogP contribution in [0.25, 0.3) is 4.96 Å². The monoisotopic (exact) mass is 246 g/mol. The molecule has 2 aliphatic carbocycles. The van der Waals surface area contributed by atoms with E-state index in [4.69, 9.17) is 4.98 Å². The van der Waals surface area contributed by atoms with Crippen molar-refractivity contribution in [3.63, 3.8) is 0 Å². The first kappa shape index (κ1) is 10.1. The molecule has 2 aromatic heterocycles. The lowest BCUT2D eigenvalue weighted by Gasteiger charge is -2.09. The van der Waals surface area contributed by atoms with E-state index in [0.29, 0.717) is 0 Å². The Morgan fingerprint density at radius 2 is 1.65 bits per heavy atom. The molecule has 3 heteroatoms. The quantitative estimate of drug-likeness (QED) is 0.695. The zero-order valence-corrected chi connectivity index (χ0v) is 11.0. The predicted molar refractivity (Wildman–Crippen MR) is 71.0 cm³/mol. The minimum Gasteiger partial charge on any atom is -0.291 e. The Morgan fingerprint density at radius 3 is 2.59 bits per heavy atom. The van der Waals surface area contributed by atoms with Gasteiger partial charge in [-0.1, -0.05) is 12.8 Å². The standard InChI is InChI=1S/C14H18N2S/c1-2-4-7-11-10(6-3-1)15-14-16(11)12-8-5-9-13(12)17-14/h1-9H2. The summed E-state index contributed by atoms with van der Waals surface area (Å²) in [7, 11) is 0. The minimum absolute atomic E-state index is 1.21. The molecule has 0 saturated heterocycles.